The van der Waals surface area contributed by atoms with E-state index in [0.717, 1.165) is 32.0 Å². The van der Waals surface area contributed by atoms with E-state index >= 15 is 0 Å². The molecule has 0 saturated heterocycles. The number of rotatable bonds is 6. The van der Waals surface area contributed by atoms with Crippen molar-refractivity contribution in [2.45, 2.75) is 13.8 Å². The van der Waals surface area contributed by atoms with Crippen LogP contribution in [0.15, 0.2) is 12.1 Å². The van der Waals surface area contributed by atoms with Gasteiger partial charge in [-0.2, -0.15) is 0 Å². The maximum atomic E-state index is 5.90. The molecule has 17 heavy (non-hydrogen) atoms. The molecule has 0 unspecified atom stereocenters. The molecule has 0 radical (unpaired) electrons. The van der Waals surface area contributed by atoms with Crippen molar-refractivity contribution in [2.24, 2.45) is 0 Å². The summed E-state index contributed by atoms with van der Waals surface area (Å²) in [7, 11) is 0. The minimum absolute atomic E-state index is 0.758. The van der Waals surface area contributed by atoms with Crippen LogP contribution in [0.3, 0.4) is 0 Å². The first-order valence-corrected chi connectivity index (χ1v) is 8.81. The van der Waals surface area contributed by atoms with Crippen LogP contribution in [-0.4, -0.2) is 31.1 Å². The first-order valence-electron chi connectivity index (χ1n) is 5.58. The molecule has 1 aromatic carbocycles. The van der Waals surface area contributed by atoms with E-state index < -0.39 is 0 Å². The molecule has 0 aliphatic heterocycles. The van der Waals surface area contributed by atoms with Gasteiger partial charge in [0.05, 0.1) is 7.14 Å². The Hall–Kier alpha value is 1.17. The topological polar surface area (TPSA) is 12.5 Å². The molecule has 2 nitrogen and oxygen atoms in total. The van der Waals surface area contributed by atoms with Gasteiger partial charge >= 0.3 is 0 Å². The Morgan fingerprint density at radius 2 is 1.59 bits per heavy atom. The lowest BCUT2D eigenvalue weighted by molar-refractivity contribution is 0.221. The van der Waals surface area contributed by atoms with Crippen molar-refractivity contribution in [1.82, 2.24) is 4.90 Å². The zero-order valence-electron chi connectivity index (χ0n) is 9.97. The van der Waals surface area contributed by atoms with Gasteiger partial charge < -0.3 is 9.64 Å². The summed E-state index contributed by atoms with van der Waals surface area (Å²) < 4.78 is 9.54. The number of likely N-dealkylation sites (N-methyl/N-ethyl adjacent to an activating group) is 1. The molecule has 0 fully saturated rings. The van der Waals surface area contributed by atoms with Crippen LogP contribution in [0.25, 0.3) is 0 Å². The van der Waals surface area contributed by atoms with Crippen LogP contribution in [0.5, 0.6) is 5.75 Å². The van der Waals surface area contributed by atoms with Crippen LogP contribution in [0.2, 0.25) is 0 Å². The van der Waals surface area contributed by atoms with Crippen LogP contribution in [0, 0.1) is 10.7 Å². The van der Waals surface area contributed by atoms with Crippen LogP contribution in [0.4, 0.5) is 0 Å². The van der Waals surface area contributed by atoms with Gasteiger partial charge in [0.1, 0.15) is 12.4 Å². The molecule has 5 heteroatoms. The fourth-order valence-corrected chi connectivity index (χ4v) is 5.38. The van der Waals surface area contributed by atoms with Gasteiger partial charge in [-0.15, -0.1) is 0 Å². The lowest BCUT2D eigenvalue weighted by atomic mass is 10.3. The standard InChI is InChI=1S/C12H16I3NO/c1-3-16(4-2)5-6-17-12-10(14)7-9(13)8-11(12)15/h7-8H,3-6H2,1-2H3. The lowest BCUT2D eigenvalue weighted by Gasteiger charge is -2.19. The molecule has 0 atom stereocenters. The van der Waals surface area contributed by atoms with E-state index in [9.17, 15) is 0 Å². The Kier molecular flexibility index (Phi) is 7.98. The zero-order valence-corrected chi connectivity index (χ0v) is 16.4. The molecule has 0 bridgehead atoms. The second-order valence-corrected chi connectivity index (χ2v) is 7.14. The summed E-state index contributed by atoms with van der Waals surface area (Å²) in [5.41, 5.74) is 0. The molecule has 0 spiro atoms. The highest BCUT2D eigenvalue weighted by Gasteiger charge is 2.08. The molecule has 1 aromatic rings. The van der Waals surface area contributed by atoms with E-state index in [-0.39, 0.29) is 0 Å². The van der Waals surface area contributed by atoms with E-state index in [0.29, 0.717) is 0 Å². The van der Waals surface area contributed by atoms with Gasteiger partial charge in [0.25, 0.3) is 0 Å². The van der Waals surface area contributed by atoms with Gasteiger partial charge in [0, 0.05) is 10.1 Å². The molecule has 1 rings (SSSR count). The number of hydrogen-bond acceptors (Lipinski definition) is 2. The Labute approximate surface area is 144 Å². The SMILES string of the molecule is CCN(CC)CCOc1c(I)cc(I)cc1I. The molecule has 0 amide bonds. The van der Waals surface area contributed by atoms with Crippen LogP contribution < -0.4 is 4.74 Å². The van der Waals surface area contributed by atoms with Crippen molar-refractivity contribution in [2.75, 3.05) is 26.2 Å². The van der Waals surface area contributed by atoms with E-state index in [1.807, 2.05) is 0 Å². The highest BCUT2D eigenvalue weighted by atomic mass is 127. The molecule has 96 valence electrons. The molecule has 0 N–H and O–H groups in total. The van der Waals surface area contributed by atoms with Crippen molar-refractivity contribution in [3.05, 3.63) is 22.8 Å². The van der Waals surface area contributed by atoms with E-state index in [1.54, 1.807) is 0 Å². The van der Waals surface area contributed by atoms with Crippen molar-refractivity contribution >= 4 is 67.8 Å². The van der Waals surface area contributed by atoms with Gasteiger partial charge in [-0.3, -0.25) is 0 Å². The normalized spacial score (nSPS) is 10.9. The fraction of sp³-hybridized carbons (Fsp3) is 0.500. The summed E-state index contributed by atoms with van der Waals surface area (Å²) in [6.07, 6.45) is 0. The van der Waals surface area contributed by atoms with Crippen molar-refractivity contribution in [3.63, 3.8) is 0 Å². The van der Waals surface area contributed by atoms with Gasteiger partial charge in [0.2, 0.25) is 0 Å². The smallest absolute Gasteiger partial charge is 0.146 e. The molecule has 0 aliphatic carbocycles. The Balaban J connectivity index is 2.58. The summed E-state index contributed by atoms with van der Waals surface area (Å²) in [5.74, 6) is 1.03. The van der Waals surface area contributed by atoms with Crippen molar-refractivity contribution < 1.29 is 4.74 Å². The molecule has 0 aromatic heterocycles. The third-order valence-electron chi connectivity index (χ3n) is 2.51. The van der Waals surface area contributed by atoms with Gasteiger partial charge in [-0.1, -0.05) is 13.8 Å². The number of nitrogens with zero attached hydrogens (tertiary/aromatic N) is 1. The molecule has 0 aliphatic rings. The maximum Gasteiger partial charge on any atom is 0.146 e. The minimum atomic E-state index is 0.758. The Morgan fingerprint density at radius 3 is 2.06 bits per heavy atom. The zero-order chi connectivity index (χ0) is 12.8. The largest absolute Gasteiger partial charge is 0.490 e. The van der Waals surface area contributed by atoms with Crippen molar-refractivity contribution in [1.29, 1.82) is 0 Å². The number of ether oxygens (including phenoxy) is 1. The third-order valence-corrected chi connectivity index (χ3v) is 4.74. The average Bonchev–Trinajstić information content (AvgIpc) is 2.27. The molecule has 0 saturated carbocycles. The molecule has 0 heterocycles. The summed E-state index contributed by atoms with van der Waals surface area (Å²) in [5, 5.41) is 0. The highest BCUT2D eigenvalue weighted by molar-refractivity contribution is 14.1. The predicted molar refractivity (Wildman–Crippen MR) is 97.9 cm³/mol. The Bertz CT molecular complexity index is 344. The third kappa shape index (κ3) is 5.35. The van der Waals surface area contributed by atoms with Gasteiger partial charge in [-0.25, -0.2) is 0 Å². The molecular formula is C12H16I3NO. The second kappa shape index (κ2) is 8.36. The number of hydrogen-bond donors (Lipinski definition) is 0. The fourth-order valence-electron chi connectivity index (χ4n) is 1.48. The molecular weight excluding hydrogens is 555 g/mol. The summed E-state index contributed by atoms with van der Waals surface area (Å²) >= 11 is 7.01. The quantitative estimate of drug-likeness (QED) is 0.475. The van der Waals surface area contributed by atoms with Crippen LogP contribution in [0.1, 0.15) is 13.8 Å². The first kappa shape index (κ1) is 16.2. The highest BCUT2D eigenvalue weighted by Crippen LogP contribution is 2.29. The number of benzene rings is 1. The van der Waals surface area contributed by atoms with E-state index in [1.165, 1.54) is 10.7 Å². The van der Waals surface area contributed by atoms with Crippen LogP contribution in [-0.2, 0) is 0 Å². The van der Waals surface area contributed by atoms with E-state index in [4.69, 9.17) is 4.74 Å². The monoisotopic (exact) mass is 571 g/mol. The van der Waals surface area contributed by atoms with Gasteiger partial charge in [-0.05, 0) is 93.0 Å². The first-order chi connectivity index (χ1) is 8.08. The summed E-state index contributed by atoms with van der Waals surface area (Å²) in [6.45, 7) is 8.28. The van der Waals surface area contributed by atoms with E-state index in [2.05, 4.69) is 98.7 Å². The number of halogens is 3. The summed E-state index contributed by atoms with van der Waals surface area (Å²) in [6, 6.07) is 4.30. The maximum absolute atomic E-state index is 5.90. The Morgan fingerprint density at radius 1 is 1.06 bits per heavy atom. The lowest BCUT2D eigenvalue weighted by Crippen LogP contribution is -2.28. The average molecular weight is 571 g/mol. The van der Waals surface area contributed by atoms with Gasteiger partial charge in [0.15, 0.2) is 0 Å². The second-order valence-electron chi connectivity index (χ2n) is 3.57. The minimum Gasteiger partial charge on any atom is -0.490 e. The van der Waals surface area contributed by atoms with Crippen LogP contribution >= 0.6 is 67.8 Å². The predicted octanol–water partition coefficient (Wildman–Crippen LogP) is 4.22. The summed E-state index contributed by atoms with van der Waals surface area (Å²) in [4.78, 5) is 2.37. The van der Waals surface area contributed by atoms with Crippen molar-refractivity contribution in [3.8, 4) is 5.75 Å².